The maximum absolute atomic E-state index is 8.43. The summed E-state index contributed by atoms with van der Waals surface area (Å²) in [6.07, 6.45) is 0. The minimum absolute atomic E-state index is 0.0147. The van der Waals surface area contributed by atoms with Gasteiger partial charge in [0.2, 0.25) is 11.2 Å². The molecule has 0 bridgehead atoms. The predicted molar refractivity (Wildman–Crippen MR) is 38.3 cm³/mol. The quantitative estimate of drug-likeness (QED) is 0.589. The molecule has 11 heavy (non-hydrogen) atoms. The number of aromatic nitrogens is 2. The van der Waals surface area contributed by atoms with Crippen molar-refractivity contribution in [1.29, 1.82) is 5.26 Å². The minimum atomic E-state index is 0.0147. The molecular weight excluding hydrogens is 166 g/mol. The van der Waals surface area contributed by atoms with Crippen LogP contribution in [0.5, 0.6) is 5.88 Å². The normalized spacial score (nSPS) is 8.82. The van der Waals surface area contributed by atoms with Crippen LogP contribution in [-0.2, 0) is 0 Å². The van der Waals surface area contributed by atoms with Gasteiger partial charge in [-0.15, -0.1) is 0 Å². The Labute approximate surface area is 68.4 Å². The van der Waals surface area contributed by atoms with Crippen molar-refractivity contribution in [1.82, 2.24) is 9.97 Å². The molecule has 0 aliphatic heterocycles. The standard InChI is InChI=1S/C6H4ClN3O/c1-11-5-2-4(3-8)9-6(7)10-5/h2H,1H3. The molecule has 0 aliphatic rings. The molecule has 0 unspecified atom stereocenters. The van der Waals surface area contributed by atoms with Crippen LogP contribution in [0.1, 0.15) is 5.69 Å². The van der Waals surface area contributed by atoms with Gasteiger partial charge in [-0.05, 0) is 11.6 Å². The molecule has 56 valence electrons. The number of ether oxygens (including phenoxy) is 1. The lowest BCUT2D eigenvalue weighted by Crippen LogP contribution is -1.92. The number of nitriles is 1. The van der Waals surface area contributed by atoms with E-state index < -0.39 is 0 Å². The van der Waals surface area contributed by atoms with E-state index in [-0.39, 0.29) is 11.0 Å². The van der Waals surface area contributed by atoms with Gasteiger partial charge in [-0.25, -0.2) is 4.98 Å². The summed E-state index contributed by atoms with van der Waals surface area (Å²) in [5.74, 6) is 0.293. The van der Waals surface area contributed by atoms with Crippen molar-refractivity contribution in [3.63, 3.8) is 0 Å². The Kier molecular flexibility index (Phi) is 2.24. The van der Waals surface area contributed by atoms with Gasteiger partial charge in [-0.2, -0.15) is 10.2 Å². The molecule has 5 heteroatoms. The van der Waals surface area contributed by atoms with E-state index in [1.807, 2.05) is 6.07 Å². The summed E-state index contributed by atoms with van der Waals surface area (Å²) < 4.78 is 4.75. The molecule has 4 nitrogen and oxygen atoms in total. The average molecular weight is 170 g/mol. The first kappa shape index (κ1) is 7.76. The summed E-state index contributed by atoms with van der Waals surface area (Å²) in [6.45, 7) is 0. The number of rotatable bonds is 1. The van der Waals surface area contributed by atoms with Crippen molar-refractivity contribution in [2.75, 3.05) is 7.11 Å². The first-order chi connectivity index (χ1) is 5.26. The molecule has 1 rings (SSSR count). The van der Waals surface area contributed by atoms with E-state index in [0.29, 0.717) is 5.88 Å². The maximum atomic E-state index is 8.43. The molecule has 0 radical (unpaired) electrons. The highest BCUT2D eigenvalue weighted by molar-refractivity contribution is 6.28. The molecule has 0 fully saturated rings. The molecule has 0 amide bonds. The molecule has 0 atom stereocenters. The van der Waals surface area contributed by atoms with Crippen LogP contribution in [-0.4, -0.2) is 17.1 Å². The molecule has 0 spiro atoms. The van der Waals surface area contributed by atoms with E-state index in [4.69, 9.17) is 21.6 Å². The Morgan fingerprint density at radius 3 is 2.91 bits per heavy atom. The van der Waals surface area contributed by atoms with Gasteiger partial charge in [0, 0.05) is 6.07 Å². The summed E-state index contributed by atoms with van der Waals surface area (Å²) in [4.78, 5) is 7.29. The second-order valence-electron chi connectivity index (χ2n) is 1.68. The third-order valence-electron chi connectivity index (χ3n) is 0.999. The number of halogens is 1. The van der Waals surface area contributed by atoms with Gasteiger partial charge in [0.1, 0.15) is 11.8 Å². The highest BCUT2D eigenvalue weighted by Gasteiger charge is 2.00. The lowest BCUT2D eigenvalue weighted by Gasteiger charge is -1.97. The third-order valence-corrected chi connectivity index (χ3v) is 1.17. The zero-order valence-electron chi connectivity index (χ0n) is 5.71. The number of nitrogens with zero attached hydrogens (tertiary/aromatic N) is 3. The maximum Gasteiger partial charge on any atom is 0.226 e. The Hall–Kier alpha value is -1.34. The monoisotopic (exact) mass is 169 g/mol. The van der Waals surface area contributed by atoms with Crippen LogP contribution in [0.2, 0.25) is 5.28 Å². The van der Waals surface area contributed by atoms with Crippen LogP contribution < -0.4 is 4.74 Å². The van der Waals surface area contributed by atoms with Gasteiger partial charge < -0.3 is 4.74 Å². The highest BCUT2D eigenvalue weighted by atomic mass is 35.5. The summed E-state index contributed by atoms with van der Waals surface area (Å²) in [7, 11) is 1.44. The lowest BCUT2D eigenvalue weighted by molar-refractivity contribution is 0.396. The van der Waals surface area contributed by atoms with Crippen LogP contribution in [0.4, 0.5) is 0 Å². The molecule has 0 saturated carbocycles. The molecule has 0 saturated heterocycles. The van der Waals surface area contributed by atoms with Crippen LogP contribution in [0.25, 0.3) is 0 Å². The van der Waals surface area contributed by atoms with Crippen LogP contribution >= 0.6 is 11.6 Å². The minimum Gasteiger partial charge on any atom is -0.481 e. The van der Waals surface area contributed by atoms with E-state index in [1.165, 1.54) is 13.2 Å². The SMILES string of the molecule is COc1cc(C#N)nc(Cl)n1. The van der Waals surface area contributed by atoms with E-state index in [9.17, 15) is 0 Å². The Morgan fingerprint density at radius 1 is 1.64 bits per heavy atom. The summed E-state index contributed by atoms with van der Waals surface area (Å²) in [5, 5.41) is 8.44. The first-order valence-corrected chi connectivity index (χ1v) is 3.12. The van der Waals surface area contributed by atoms with E-state index in [2.05, 4.69) is 9.97 Å². The molecular formula is C6H4ClN3O. The van der Waals surface area contributed by atoms with Crippen LogP contribution in [0.15, 0.2) is 6.07 Å². The van der Waals surface area contributed by atoms with Gasteiger partial charge in [-0.3, -0.25) is 0 Å². The van der Waals surface area contributed by atoms with Crippen molar-refractivity contribution in [2.45, 2.75) is 0 Å². The lowest BCUT2D eigenvalue weighted by atomic mass is 10.4. The van der Waals surface area contributed by atoms with Gasteiger partial charge in [0.05, 0.1) is 7.11 Å². The fourth-order valence-electron chi connectivity index (χ4n) is 0.559. The molecule has 1 aromatic heterocycles. The third kappa shape index (κ3) is 1.79. The topological polar surface area (TPSA) is 58.8 Å². The van der Waals surface area contributed by atoms with Gasteiger partial charge in [-0.1, -0.05) is 0 Å². The van der Waals surface area contributed by atoms with Crippen molar-refractivity contribution >= 4 is 11.6 Å². The fraction of sp³-hybridized carbons (Fsp3) is 0.167. The van der Waals surface area contributed by atoms with E-state index >= 15 is 0 Å². The van der Waals surface area contributed by atoms with Gasteiger partial charge in [0.25, 0.3) is 0 Å². The van der Waals surface area contributed by atoms with Crippen LogP contribution in [0, 0.1) is 11.3 Å². The number of hydrogen-bond donors (Lipinski definition) is 0. The second kappa shape index (κ2) is 3.17. The first-order valence-electron chi connectivity index (χ1n) is 2.75. The Bertz CT molecular complexity index is 307. The van der Waals surface area contributed by atoms with E-state index in [0.717, 1.165) is 0 Å². The molecule has 0 N–H and O–H groups in total. The smallest absolute Gasteiger partial charge is 0.226 e. The molecule has 1 aromatic rings. The van der Waals surface area contributed by atoms with Crippen molar-refractivity contribution in [3.8, 4) is 11.9 Å². The Balaban J connectivity index is 3.15. The van der Waals surface area contributed by atoms with Gasteiger partial charge >= 0.3 is 0 Å². The average Bonchev–Trinajstić information content (AvgIpc) is 2.03. The van der Waals surface area contributed by atoms with Crippen LogP contribution in [0.3, 0.4) is 0 Å². The zero-order valence-corrected chi connectivity index (χ0v) is 6.46. The second-order valence-corrected chi connectivity index (χ2v) is 2.01. The summed E-state index contributed by atoms with van der Waals surface area (Å²) in [6, 6.07) is 3.24. The number of methoxy groups -OCH3 is 1. The predicted octanol–water partition coefficient (Wildman–Crippen LogP) is 1.01. The van der Waals surface area contributed by atoms with Crippen molar-refractivity contribution < 1.29 is 4.74 Å². The highest BCUT2D eigenvalue weighted by Crippen LogP contribution is 2.10. The molecule has 0 aromatic carbocycles. The zero-order chi connectivity index (χ0) is 8.27. The van der Waals surface area contributed by atoms with Crippen molar-refractivity contribution in [3.05, 3.63) is 17.0 Å². The molecule has 0 aliphatic carbocycles. The fourth-order valence-corrected chi connectivity index (χ4v) is 0.733. The largest absolute Gasteiger partial charge is 0.481 e. The summed E-state index contributed by atoms with van der Waals surface area (Å²) >= 11 is 5.45. The Morgan fingerprint density at radius 2 is 2.36 bits per heavy atom. The number of hydrogen-bond acceptors (Lipinski definition) is 4. The molecule has 1 heterocycles. The summed E-state index contributed by atoms with van der Waals surface area (Å²) in [5.41, 5.74) is 0.196. The van der Waals surface area contributed by atoms with E-state index in [1.54, 1.807) is 0 Å². The van der Waals surface area contributed by atoms with Gasteiger partial charge in [0.15, 0.2) is 0 Å². The van der Waals surface area contributed by atoms with Crippen molar-refractivity contribution in [2.24, 2.45) is 0 Å².